The summed E-state index contributed by atoms with van der Waals surface area (Å²) >= 11 is -0.0799. The zero-order valence-corrected chi connectivity index (χ0v) is 21.8. The van der Waals surface area contributed by atoms with E-state index in [1.165, 1.54) is 32.1 Å². The fraction of sp³-hybridized carbons (Fsp3) is 1.00. The number of aliphatic hydroxyl groups is 1. The second-order valence-corrected chi connectivity index (χ2v) is 14.9. The molecule has 0 aromatic rings. The summed E-state index contributed by atoms with van der Waals surface area (Å²) in [5.74, 6) is 0.661. The van der Waals surface area contributed by atoms with Crippen LogP contribution < -0.4 is 21.2 Å². The molecule has 166 valence electrons. The molecule has 3 rings (SSSR count). The molecular formula is C24H45INO2-. The normalized spacial score (nSPS) is 48.5. The van der Waals surface area contributed by atoms with Gasteiger partial charge in [-0.1, -0.05) is 0 Å². The van der Waals surface area contributed by atoms with Crippen LogP contribution in [-0.4, -0.2) is 55.3 Å². The van der Waals surface area contributed by atoms with Gasteiger partial charge in [0, 0.05) is 0 Å². The molecular weight excluding hydrogens is 461 g/mol. The number of aliphatic hydroxyl groups excluding tert-OH is 1. The van der Waals surface area contributed by atoms with E-state index in [0.717, 1.165) is 23.4 Å². The van der Waals surface area contributed by atoms with Crippen LogP contribution >= 0.6 is 0 Å². The SMILES string of the molecule is CCCC1(C)C(C)(C)CN(CC)[C@]12C(O)C2(CC)[I-]C1CC[C@H](OC)C(C)C1. The Kier molecular flexibility index (Phi) is 6.60. The Hall–Kier alpha value is 0.610. The topological polar surface area (TPSA) is 32.7 Å². The quantitative estimate of drug-likeness (QED) is 0.422. The number of hydrogen-bond acceptors (Lipinski definition) is 3. The second-order valence-electron chi connectivity index (χ2n) is 10.6. The van der Waals surface area contributed by atoms with Crippen LogP contribution in [0.5, 0.6) is 0 Å². The van der Waals surface area contributed by atoms with Gasteiger partial charge in [-0.25, -0.2) is 0 Å². The zero-order chi connectivity index (χ0) is 21.0. The molecule has 3 nitrogen and oxygen atoms in total. The van der Waals surface area contributed by atoms with Crippen molar-refractivity contribution < 1.29 is 31.0 Å². The predicted octanol–water partition coefficient (Wildman–Crippen LogP) is 1.71. The van der Waals surface area contributed by atoms with Gasteiger partial charge >= 0.3 is 185 Å². The van der Waals surface area contributed by atoms with Crippen molar-refractivity contribution in [2.75, 3.05) is 20.2 Å². The van der Waals surface area contributed by atoms with Crippen LogP contribution in [-0.2, 0) is 4.74 Å². The molecule has 1 aliphatic heterocycles. The number of rotatable bonds is 7. The van der Waals surface area contributed by atoms with Crippen LogP contribution in [0.2, 0.25) is 0 Å². The standard InChI is InChI=1S/C24H45INO2/c1-9-14-22(7)21(5,6)16-26(11-3)24(22)20(27)23(24,10-2)25-18-12-13-19(28-8)17(4)15-18/h17-20,27H,9-16H2,1-8H3/q-1/t17?,18?,19-,20?,22?,23?,24+/m0/s1. The maximum absolute atomic E-state index is 11.8. The van der Waals surface area contributed by atoms with Crippen molar-refractivity contribution in [1.82, 2.24) is 4.90 Å². The Balaban J connectivity index is 1.94. The Morgan fingerprint density at radius 2 is 1.82 bits per heavy atom. The molecule has 1 spiro atoms. The average molecular weight is 507 g/mol. The molecule has 1 N–H and O–H groups in total. The first-order valence-electron chi connectivity index (χ1n) is 11.7. The van der Waals surface area contributed by atoms with E-state index in [-0.39, 0.29) is 47.1 Å². The van der Waals surface area contributed by atoms with Gasteiger partial charge in [0.25, 0.3) is 0 Å². The minimum atomic E-state index is -0.133. The van der Waals surface area contributed by atoms with E-state index < -0.39 is 0 Å². The molecule has 4 heteroatoms. The Labute approximate surface area is 184 Å². The van der Waals surface area contributed by atoms with E-state index in [4.69, 9.17) is 4.74 Å². The molecule has 0 radical (unpaired) electrons. The third-order valence-electron chi connectivity index (χ3n) is 9.12. The Morgan fingerprint density at radius 3 is 2.32 bits per heavy atom. The van der Waals surface area contributed by atoms with E-state index >= 15 is 0 Å². The third kappa shape index (κ3) is 2.90. The molecule has 28 heavy (non-hydrogen) atoms. The second kappa shape index (κ2) is 7.94. The van der Waals surface area contributed by atoms with Gasteiger partial charge in [0.1, 0.15) is 0 Å². The van der Waals surface area contributed by atoms with Crippen molar-refractivity contribution in [3.63, 3.8) is 0 Å². The van der Waals surface area contributed by atoms with Gasteiger partial charge in [-0.15, -0.1) is 0 Å². The Morgan fingerprint density at radius 1 is 1.14 bits per heavy atom. The van der Waals surface area contributed by atoms with Gasteiger partial charge in [0.15, 0.2) is 0 Å². The first-order chi connectivity index (χ1) is 13.1. The van der Waals surface area contributed by atoms with Gasteiger partial charge in [-0.05, 0) is 0 Å². The molecule has 2 aliphatic carbocycles. The monoisotopic (exact) mass is 506 g/mol. The van der Waals surface area contributed by atoms with Crippen molar-refractivity contribution >= 4 is 0 Å². The van der Waals surface area contributed by atoms with Gasteiger partial charge in [-0.2, -0.15) is 0 Å². The third-order valence-corrected chi connectivity index (χ3v) is 14.4. The molecule has 3 aliphatic rings. The Bertz CT molecular complexity index is 569. The summed E-state index contributed by atoms with van der Waals surface area (Å²) in [5.41, 5.74) is 0.453. The van der Waals surface area contributed by atoms with E-state index in [9.17, 15) is 5.11 Å². The molecule has 7 atom stereocenters. The number of likely N-dealkylation sites (N-methyl/N-ethyl adjacent to an activating group) is 1. The van der Waals surface area contributed by atoms with Gasteiger partial charge < -0.3 is 0 Å². The molecule has 1 saturated heterocycles. The molecule has 1 heterocycles. The van der Waals surface area contributed by atoms with Crippen molar-refractivity contribution in [1.29, 1.82) is 0 Å². The fourth-order valence-corrected chi connectivity index (χ4v) is 13.5. The van der Waals surface area contributed by atoms with Crippen LogP contribution in [0.1, 0.15) is 87.0 Å². The first-order valence-corrected chi connectivity index (χ1v) is 14.0. The number of alkyl halides is 2. The fourth-order valence-electron chi connectivity index (χ4n) is 7.40. The summed E-state index contributed by atoms with van der Waals surface area (Å²) in [5, 5.41) is 11.8. The number of halogens is 1. The van der Waals surface area contributed by atoms with Crippen molar-refractivity contribution in [3.05, 3.63) is 0 Å². The summed E-state index contributed by atoms with van der Waals surface area (Å²) in [6, 6.07) is 0. The van der Waals surface area contributed by atoms with E-state index in [0.29, 0.717) is 12.0 Å². The number of nitrogens with zero attached hydrogens (tertiary/aromatic N) is 1. The van der Waals surface area contributed by atoms with Crippen LogP contribution in [0.15, 0.2) is 0 Å². The van der Waals surface area contributed by atoms with Crippen LogP contribution in [0.4, 0.5) is 0 Å². The van der Waals surface area contributed by atoms with Crippen molar-refractivity contribution in [3.8, 4) is 0 Å². The predicted molar refractivity (Wildman–Crippen MR) is 113 cm³/mol. The number of likely N-dealkylation sites (tertiary alicyclic amines) is 1. The minimum absolute atomic E-state index is 0.0115. The summed E-state index contributed by atoms with van der Waals surface area (Å²) in [4.78, 5) is 2.72. The molecule has 0 aromatic carbocycles. The number of ether oxygens (including phenoxy) is 1. The molecule has 0 amide bonds. The molecule has 5 unspecified atom stereocenters. The number of methoxy groups -OCH3 is 1. The first kappa shape index (κ1) is 23.3. The number of hydrogen-bond donors (Lipinski definition) is 1. The van der Waals surface area contributed by atoms with Gasteiger partial charge in [-0.3, -0.25) is 0 Å². The van der Waals surface area contributed by atoms with Gasteiger partial charge in [0.2, 0.25) is 0 Å². The van der Waals surface area contributed by atoms with E-state index in [2.05, 4.69) is 53.4 Å². The van der Waals surface area contributed by atoms with E-state index in [1.54, 1.807) is 0 Å². The van der Waals surface area contributed by atoms with E-state index in [1.807, 2.05) is 7.11 Å². The molecule has 2 saturated carbocycles. The van der Waals surface area contributed by atoms with Crippen LogP contribution in [0.25, 0.3) is 0 Å². The summed E-state index contributed by atoms with van der Waals surface area (Å²) in [7, 11) is 1.87. The van der Waals surface area contributed by atoms with Crippen LogP contribution in [0, 0.1) is 16.7 Å². The summed E-state index contributed by atoms with van der Waals surface area (Å²) < 4.78 is 6.73. The molecule has 0 bridgehead atoms. The summed E-state index contributed by atoms with van der Waals surface area (Å²) in [6.45, 7) is 19.0. The van der Waals surface area contributed by atoms with Crippen molar-refractivity contribution in [2.24, 2.45) is 16.7 Å². The summed E-state index contributed by atoms with van der Waals surface area (Å²) in [6.07, 6.45) is 7.71. The molecule has 0 aromatic heterocycles. The van der Waals surface area contributed by atoms with Gasteiger partial charge in [0.05, 0.1) is 0 Å². The zero-order valence-electron chi connectivity index (χ0n) is 19.6. The van der Waals surface area contributed by atoms with Crippen molar-refractivity contribution in [2.45, 2.75) is 112 Å². The maximum atomic E-state index is 11.8. The average Bonchev–Trinajstić information content (AvgIpc) is 3.12. The molecule has 3 fully saturated rings. The van der Waals surface area contributed by atoms with Crippen LogP contribution in [0.3, 0.4) is 0 Å².